The SMILES string of the molecule is CC[C@@](CNC(=O)c1cccc(C(F)(F)F)c1)(OC)c1ccccc1. The van der Waals surface area contributed by atoms with Crippen LogP contribution in [0.1, 0.15) is 34.8 Å². The van der Waals surface area contributed by atoms with Gasteiger partial charge in [-0.05, 0) is 30.2 Å². The molecule has 2 aromatic carbocycles. The first kappa shape index (κ1) is 19.0. The molecule has 0 unspecified atom stereocenters. The summed E-state index contributed by atoms with van der Waals surface area (Å²) >= 11 is 0. The number of alkyl halides is 3. The molecule has 0 radical (unpaired) electrons. The lowest BCUT2D eigenvalue weighted by molar-refractivity contribution is -0.137. The largest absolute Gasteiger partial charge is 0.416 e. The summed E-state index contributed by atoms with van der Waals surface area (Å²) in [6.07, 6.45) is -3.89. The van der Waals surface area contributed by atoms with Crippen LogP contribution >= 0.6 is 0 Å². The van der Waals surface area contributed by atoms with E-state index < -0.39 is 23.2 Å². The van der Waals surface area contributed by atoms with Crippen LogP contribution in [0.5, 0.6) is 0 Å². The van der Waals surface area contributed by atoms with Gasteiger partial charge in [-0.1, -0.05) is 43.3 Å². The van der Waals surface area contributed by atoms with Crippen LogP contribution in [0.25, 0.3) is 0 Å². The van der Waals surface area contributed by atoms with E-state index in [0.29, 0.717) is 6.42 Å². The van der Waals surface area contributed by atoms with E-state index in [4.69, 9.17) is 4.74 Å². The summed E-state index contributed by atoms with van der Waals surface area (Å²) in [5, 5.41) is 2.69. The Morgan fingerprint density at radius 2 is 1.68 bits per heavy atom. The van der Waals surface area contributed by atoms with Crippen LogP contribution in [0.15, 0.2) is 54.6 Å². The molecule has 0 aliphatic rings. The smallest absolute Gasteiger partial charge is 0.372 e. The minimum Gasteiger partial charge on any atom is -0.372 e. The van der Waals surface area contributed by atoms with E-state index in [-0.39, 0.29) is 12.1 Å². The lowest BCUT2D eigenvalue weighted by atomic mass is 9.90. The van der Waals surface area contributed by atoms with Gasteiger partial charge in [-0.3, -0.25) is 4.79 Å². The third kappa shape index (κ3) is 4.39. The number of rotatable bonds is 6. The standard InChI is InChI=1S/C19H20F3NO2/c1-3-18(25-2,15-9-5-4-6-10-15)13-23-17(24)14-8-7-11-16(12-14)19(20,21)22/h4-12H,3,13H2,1-2H3,(H,23,24)/t18-/m0/s1. The van der Waals surface area contributed by atoms with Crippen molar-refractivity contribution >= 4 is 5.91 Å². The maximum absolute atomic E-state index is 12.8. The topological polar surface area (TPSA) is 38.3 Å². The maximum atomic E-state index is 12.8. The molecular weight excluding hydrogens is 331 g/mol. The van der Waals surface area contributed by atoms with Crippen molar-refractivity contribution in [2.75, 3.05) is 13.7 Å². The number of benzene rings is 2. The highest BCUT2D eigenvalue weighted by atomic mass is 19.4. The zero-order valence-electron chi connectivity index (χ0n) is 14.1. The Hall–Kier alpha value is -2.34. The molecule has 0 saturated heterocycles. The first-order valence-electron chi connectivity index (χ1n) is 7.88. The van der Waals surface area contributed by atoms with Crippen molar-refractivity contribution in [1.29, 1.82) is 0 Å². The summed E-state index contributed by atoms with van der Waals surface area (Å²) in [5.41, 5.74) is -0.733. The quantitative estimate of drug-likeness (QED) is 0.838. The Balaban J connectivity index is 2.17. The number of methoxy groups -OCH3 is 1. The summed E-state index contributed by atoms with van der Waals surface area (Å²) in [6, 6.07) is 13.8. The Morgan fingerprint density at radius 1 is 1.04 bits per heavy atom. The number of nitrogens with one attached hydrogen (secondary N) is 1. The second-order valence-corrected chi connectivity index (χ2v) is 5.68. The van der Waals surface area contributed by atoms with Gasteiger partial charge in [0.25, 0.3) is 5.91 Å². The highest BCUT2D eigenvalue weighted by Crippen LogP contribution is 2.30. The predicted molar refractivity (Wildman–Crippen MR) is 89.2 cm³/mol. The summed E-state index contributed by atoms with van der Waals surface area (Å²) < 4.78 is 44.0. The van der Waals surface area contributed by atoms with Crippen molar-refractivity contribution < 1.29 is 22.7 Å². The van der Waals surface area contributed by atoms with Gasteiger partial charge in [0.1, 0.15) is 5.60 Å². The fraction of sp³-hybridized carbons (Fsp3) is 0.316. The molecule has 134 valence electrons. The molecule has 1 amide bonds. The van der Waals surface area contributed by atoms with Gasteiger partial charge in [0.15, 0.2) is 0 Å². The fourth-order valence-corrected chi connectivity index (χ4v) is 2.67. The first-order chi connectivity index (χ1) is 11.8. The molecular formula is C19H20F3NO2. The lowest BCUT2D eigenvalue weighted by Gasteiger charge is -2.32. The minimum absolute atomic E-state index is 0.0380. The normalized spacial score (nSPS) is 14.0. The van der Waals surface area contributed by atoms with Crippen LogP contribution < -0.4 is 5.32 Å². The number of halogens is 3. The van der Waals surface area contributed by atoms with Crippen molar-refractivity contribution in [1.82, 2.24) is 5.32 Å². The first-order valence-corrected chi connectivity index (χ1v) is 7.88. The van der Waals surface area contributed by atoms with Crippen molar-refractivity contribution in [3.63, 3.8) is 0 Å². The van der Waals surface area contributed by atoms with E-state index in [0.717, 1.165) is 17.7 Å². The van der Waals surface area contributed by atoms with Crippen LogP contribution in [-0.2, 0) is 16.5 Å². The molecule has 2 rings (SSSR count). The molecule has 3 nitrogen and oxygen atoms in total. The Labute approximate surface area is 144 Å². The lowest BCUT2D eigenvalue weighted by Crippen LogP contribution is -2.42. The minimum atomic E-state index is -4.49. The summed E-state index contributed by atoms with van der Waals surface area (Å²) in [5.74, 6) is -0.572. The van der Waals surface area contributed by atoms with E-state index >= 15 is 0 Å². The van der Waals surface area contributed by atoms with Gasteiger partial charge in [-0.25, -0.2) is 0 Å². The van der Waals surface area contributed by atoms with Crippen LogP contribution in [0.2, 0.25) is 0 Å². The molecule has 6 heteroatoms. The number of hydrogen-bond acceptors (Lipinski definition) is 2. The third-order valence-electron chi connectivity index (χ3n) is 4.25. The Bertz CT molecular complexity index is 710. The van der Waals surface area contributed by atoms with E-state index in [9.17, 15) is 18.0 Å². The molecule has 0 aliphatic heterocycles. The second kappa shape index (κ2) is 7.70. The van der Waals surface area contributed by atoms with Crippen LogP contribution in [0.4, 0.5) is 13.2 Å². The number of amides is 1. The van der Waals surface area contributed by atoms with Crippen LogP contribution in [0, 0.1) is 0 Å². The molecule has 1 atom stereocenters. The number of hydrogen-bond donors (Lipinski definition) is 1. The highest BCUT2D eigenvalue weighted by molar-refractivity contribution is 5.94. The van der Waals surface area contributed by atoms with Gasteiger partial charge in [0.2, 0.25) is 0 Å². The van der Waals surface area contributed by atoms with Crippen molar-refractivity contribution in [2.24, 2.45) is 0 Å². The number of carbonyl (C=O) groups is 1. The van der Waals surface area contributed by atoms with Crippen molar-refractivity contribution in [2.45, 2.75) is 25.1 Å². The second-order valence-electron chi connectivity index (χ2n) is 5.68. The molecule has 0 spiro atoms. The Kier molecular flexibility index (Phi) is 5.85. The Morgan fingerprint density at radius 3 is 2.24 bits per heavy atom. The summed E-state index contributed by atoms with van der Waals surface area (Å²) in [7, 11) is 1.55. The number of ether oxygens (including phenoxy) is 1. The molecule has 25 heavy (non-hydrogen) atoms. The molecule has 0 aliphatic carbocycles. The van der Waals surface area contributed by atoms with Crippen LogP contribution in [0.3, 0.4) is 0 Å². The van der Waals surface area contributed by atoms with E-state index in [1.807, 2.05) is 37.3 Å². The van der Waals surface area contributed by atoms with Gasteiger partial charge in [-0.15, -0.1) is 0 Å². The number of carbonyl (C=O) groups excluding carboxylic acids is 1. The molecule has 0 bridgehead atoms. The maximum Gasteiger partial charge on any atom is 0.416 e. The highest BCUT2D eigenvalue weighted by Gasteiger charge is 2.32. The average Bonchev–Trinajstić information content (AvgIpc) is 2.63. The van der Waals surface area contributed by atoms with E-state index in [2.05, 4.69) is 5.32 Å². The van der Waals surface area contributed by atoms with Gasteiger partial charge >= 0.3 is 6.18 Å². The average molecular weight is 351 g/mol. The van der Waals surface area contributed by atoms with Gasteiger partial charge in [-0.2, -0.15) is 13.2 Å². The molecule has 1 N–H and O–H groups in total. The molecule has 0 heterocycles. The zero-order chi connectivity index (χ0) is 18.5. The van der Waals surface area contributed by atoms with Gasteiger partial charge in [0.05, 0.1) is 12.1 Å². The predicted octanol–water partition coefficient (Wildman–Crippen LogP) is 4.39. The molecule has 2 aromatic rings. The van der Waals surface area contributed by atoms with E-state index in [1.165, 1.54) is 12.1 Å². The fourth-order valence-electron chi connectivity index (χ4n) is 2.67. The van der Waals surface area contributed by atoms with Crippen molar-refractivity contribution in [3.8, 4) is 0 Å². The monoisotopic (exact) mass is 351 g/mol. The molecule has 0 fully saturated rings. The van der Waals surface area contributed by atoms with Crippen LogP contribution in [-0.4, -0.2) is 19.6 Å². The van der Waals surface area contributed by atoms with Crippen molar-refractivity contribution in [3.05, 3.63) is 71.3 Å². The zero-order valence-corrected chi connectivity index (χ0v) is 14.1. The summed E-state index contributed by atoms with van der Waals surface area (Å²) in [6.45, 7) is 2.08. The van der Waals surface area contributed by atoms with Gasteiger partial charge in [0, 0.05) is 12.7 Å². The molecule has 0 saturated carbocycles. The third-order valence-corrected chi connectivity index (χ3v) is 4.25. The molecule has 0 aromatic heterocycles. The summed E-state index contributed by atoms with van der Waals surface area (Å²) in [4.78, 5) is 12.3. The van der Waals surface area contributed by atoms with E-state index in [1.54, 1.807) is 7.11 Å². The van der Waals surface area contributed by atoms with Gasteiger partial charge < -0.3 is 10.1 Å².